The number of hydrogen-bond acceptors (Lipinski definition) is 3. The van der Waals surface area contributed by atoms with E-state index in [2.05, 4.69) is 4.99 Å². The lowest BCUT2D eigenvalue weighted by molar-refractivity contribution is -0.113. The van der Waals surface area contributed by atoms with Crippen LogP contribution in [0.5, 0.6) is 0 Å². The van der Waals surface area contributed by atoms with Gasteiger partial charge in [0.2, 0.25) is 0 Å². The van der Waals surface area contributed by atoms with Gasteiger partial charge in [-0.25, -0.2) is 0 Å². The maximum Gasteiger partial charge on any atom is 0.286 e. The molecule has 3 nitrogen and oxygen atoms in total. The molecular weight excluding hydrogens is 220 g/mol. The normalized spacial score (nSPS) is 17.8. The Morgan fingerprint density at radius 2 is 1.94 bits per heavy atom. The van der Waals surface area contributed by atoms with Crippen molar-refractivity contribution in [1.29, 1.82) is 0 Å². The lowest BCUT2D eigenvalue weighted by Gasteiger charge is -2.08. The summed E-state index contributed by atoms with van der Waals surface area (Å²) in [6.07, 6.45) is 1.87. The molecule has 1 aromatic carbocycles. The summed E-state index contributed by atoms with van der Waals surface area (Å²) in [6.45, 7) is 0. The monoisotopic (exact) mass is 232 g/mol. The highest BCUT2D eigenvalue weighted by Crippen LogP contribution is 2.28. The van der Waals surface area contributed by atoms with Crippen LogP contribution in [0, 0.1) is 0 Å². The van der Waals surface area contributed by atoms with E-state index in [9.17, 15) is 4.79 Å². The van der Waals surface area contributed by atoms with Crippen molar-refractivity contribution < 1.29 is 4.79 Å². The van der Waals surface area contributed by atoms with Crippen molar-refractivity contribution >= 4 is 28.9 Å². The van der Waals surface area contributed by atoms with Crippen molar-refractivity contribution in [3.8, 4) is 0 Å². The zero-order valence-corrected chi connectivity index (χ0v) is 9.99. The molecule has 0 unspecified atom stereocenters. The van der Waals surface area contributed by atoms with Gasteiger partial charge in [-0.1, -0.05) is 30.3 Å². The van der Waals surface area contributed by atoms with Gasteiger partial charge in [0.25, 0.3) is 5.91 Å². The van der Waals surface area contributed by atoms with Crippen LogP contribution in [-0.4, -0.2) is 30.1 Å². The Bertz CT molecular complexity index is 463. The third kappa shape index (κ3) is 2.33. The first kappa shape index (κ1) is 11.0. The minimum atomic E-state index is -0.155. The molecule has 0 atom stereocenters. The zero-order chi connectivity index (χ0) is 11.5. The van der Waals surface area contributed by atoms with Gasteiger partial charge in [0.05, 0.1) is 4.91 Å². The van der Waals surface area contributed by atoms with Crippen LogP contribution in [0.25, 0.3) is 6.08 Å². The molecule has 0 saturated carbocycles. The summed E-state index contributed by atoms with van der Waals surface area (Å²) in [5, 5.41) is 0.743. The second kappa shape index (κ2) is 4.53. The zero-order valence-electron chi connectivity index (χ0n) is 9.18. The van der Waals surface area contributed by atoms with E-state index in [0.717, 1.165) is 10.7 Å². The molecule has 0 aliphatic carbocycles. The summed E-state index contributed by atoms with van der Waals surface area (Å²) in [5.74, 6) is -0.155. The predicted octanol–water partition coefficient (Wildman–Crippen LogP) is 2.22. The molecule has 2 rings (SSSR count). The fourth-order valence-corrected chi connectivity index (χ4v) is 2.13. The average molecular weight is 232 g/mol. The highest BCUT2D eigenvalue weighted by Gasteiger charge is 2.22. The number of amidine groups is 1. The first-order valence-corrected chi connectivity index (χ1v) is 5.73. The van der Waals surface area contributed by atoms with Crippen molar-refractivity contribution in [3.05, 3.63) is 40.8 Å². The molecule has 0 N–H and O–H groups in total. The predicted molar refractivity (Wildman–Crippen MR) is 68.1 cm³/mol. The molecule has 82 valence electrons. The summed E-state index contributed by atoms with van der Waals surface area (Å²) in [4.78, 5) is 18.1. The standard InChI is InChI=1S/C12H12N2OS/c1-14(2)12-13-11(15)10(16-12)8-9-6-4-3-5-7-9/h3-8H,1-2H3/b10-8-. The molecule has 0 spiro atoms. The van der Waals surface area contributed by atoms with Crippen LogP contribution < -0.4 is 0 Å². The van der Waals surface area contributed by atoms with Gasteiger partial charge in [-0.05, 0) is 23.4 Å². The van der Waals surface area contributed by atoms with Gasteiger partial charge < -0.3 is 4.90 Å². The van der Waals surface area contributed by atoms with Crippen molar-refractivity contribution in [1.82, 2.24) is 4.90 Å². The van der Waals surface area contributed by atoms with E-state index in [4.69, 9.17) is 0 Å². The fourth-order valence-electron chi connectivity index (χ4n) is 1.29. The van der Waals surface area contributed by atoms with E-state index in [1.807, 2.05) is 55.4 Å². The Morgan fingerprint density at radius 1 is 1.25 bits per heavy atom. The van der Waals surface area contributed by atoms with Crippen LogP contribution >= 0.6 is 11.8 Å². The van der Waals surface area contributed by atoms with Crippen LogP contribution in [0.15, 0.2) is 40.2 Å². The maximum absolute atomic E-state index is 11.6. The minimum Gasteiger partial charge on any atom is -0.357 e. The Hall–Kier alpha value is -1.55. The molecule has 0 saturated heterocycles. The van der Waals surface area contributed by atoms with Crippen LogP contribution in [0.3, 0.4) is 0 Å². The van der Waals surface area contributed by atoms with E-state index >= 15 is 0 Å². The van der Waals surface area contributed by atoms with Gasteiger partial charge in [-0.15, -0.1) is 0 Å². The molecule has 1 aromatic rings. The second-order valence-corrected chi connectivity index (χ2v) is 4.62. The third-order valence-corrected chi connectivity index (χ3v) is 3.24. The van der Waals surface area contributed by atoms with Crippen LogP contribution in [0.2, 0.25) is 0 Å². The summed E-state index contributed by atoms with van der Waals surface area (Å²) in [7, 11) is 3.76. The highest BCUT2D eigenvalue weighted by molar-refractivity contribution is 8.18. The Morgan fingerprint density at radius 3 is 2.50 bits per heavy atom. The molecule has 1 amide bonds. The molecule has 0 aromatic heterocycles. The third-order valence-electron chi connectivity index (χ3n) is 2.09. The summed E-state index contributed by atoms with van der Waals surface area (Å²) in [5.41, 5.74) is 1.02. The first-order valence-electron chi connectivity index (χ1n) is 4.92. The largest absolute Gasteiger partial charge is 0.357 e. The Labute approximate surface area is 98.9 Å². The lowest BCUT2D eigenvalue weighted by atomic mass is 10.2. The van der Waals surface area contributed by atoms with E-state index in [-0.39, 0.29) is 5.91 Å². The minimum absolute atomic E-state index is 0.155. The molecule has 1 aliphatic heterocycles. The van der Waals surface area contributed by atoms with Crippen molar-refractivity contribution in [3.63, 3.8) is 0 Å². The van der Waals surface area contributed by atoms with Gasteiger partial charge in [-0.2, -0.15) is 4.99 Å². The summed E-state index contributed by atoms with van der Waals surface area (Å²) < 4.78 is 0. The van der Waals surface area contributed by atoms with Crippen molar-refractivity contribution in [2.75, 3.05) is 14.1 Å². The number of carbonyl (C=O) groups excluding carboxylic acids is 1. The first-order chi connectivity index (χ1) is 7.66. The number of thioether (sulfide) groups is 1. The van der Waals surface area contributed by atoms with Crippen LogP contribution in [0.1, 0.15) is 5.56 Å². The SMILES string of the molecule is CN(C)C1=NC(=O)/C(=C/c2ccccc2)S1. The number of aliphatic imine (C=N–C) groups is 1. The maximum atomic E-state index is 11.6. The number of hydrogen-bond donors (Lipinski definition) is 0. The number of rotatable bonds is 1. The van der Waals surface area contributed by atoms with E-state index in [1.54, 1.807) is 0 Å². The van der Waals surface area contributed by atoms with Gasteiger partial charge in [0.1, 0.15) is 0 Å². The van der Waals surface area contributed by atoms with Gasteiger partial charge in [0.15, 0.2) is 5.17 Å². The molecule has 0 radical (unpaired) electrons. The molecular formula is C12H12N2OS. The summed E-state index contributed by atoms with van der Waals surface area (Å²) >= 11 is 1.41. The molecule has 1 aliphatic rings. The topological polar surface area (TPSA) is 32.7 Å². The average Bonchev–Trinajstić information content (AvgIpc) is 2.62. The molecule has 16 heavy (non-hydrogen) atoms. The van der Waals surface area contributed by atoms with Gasteiger partial charge in [0, 0.05) is 14.1 Å². The summed E-state index contributed by atoms with van der Waals surface area (Å²) in [6, 6.07) is 9.78. The number of amides is 1. The van der Waals surface area contributed by atoms with Gasteiger partial charge in [-0.3, -0.25) is 4.79 Å². The fraction of sp³-hybridized carbons (Fsp3) is 0.167. The Balaban J connectivity index is 2.21. The van der Waals surface area contributed by atoms with Gasteiger partial charge >= 0.3 is 0 Å². The van der Waals surface area contributed by atoms with E-state index in [1.165, 1.54) is 11.8 Å². The highest BCUT2D eigenvalue weighted by atomic mass is 32.2. The molecule has 4 heteroatoms. The number of carbonyl (C=O) groups is 1. The molecule has 1 heterocycles. The van der Waals surface area contributed by atoms with E-state index in [0.29, 0.717) is 4.91 Å². The second-order valence-electron chi connectivity index (χ2n) is 3.62. The van der Waals surface area contributed by atoms with Crippen LogP contribution in [0.4, 0.5) is 0 Å². The van der Waals surface area contributed by atoms with Crippen molar-refractivity contribution in [2.45, 2.75) is 0 Å². The smallest absolute Gasteiger partial charge is 0.286 e. The Kier molecular flexibility index (Phi) is 3.10. The molecule has 0 fully saturated rings. The van der Waals surface area contributed by atoms with E-state index < -0.39 is 0 Å². The van der Waals surface area contributed by atoms with Crippen molar-refractivity contribution in [2.24, 2.45) is 4.99 Å². The number of benzene rings is 1. The number of nitrogens with zero attached hydrogens (tertiary/aromatic N) is 2. The quantitative estimate of drug-likeness (QED) is 0.696. The molecule has 0 bridgehead atoms. The van der Waals surface area contributed by atoms with Crippen LogP contribution in [-0.2, 0) is 4.79 Å². The lowest BCUT2D eigenvalue weighted by Crippen LogP contribution is -2.16.